The summed E-state index contributed by atoms with van der Waals surface area (Å²) in [4.78, 5) is 21.7. The second kappa shape index (κ2) is 8.28. The van der Waals surface area contributed by atoms with Gasteiger partial charge in [0.05, 0.1) is 20.1 Å². The summed E-state index contributed by atoms with van der Waals surface area (Å²) in [5, 5.41) is 1.21. The van der Waals surface area contributed by atoms with Crippen molar-refractivity contribution in [1.82, 2.24) is 10.6 Å². The molecule has 4 nitrogen and oxygen atoms in total. The zero-order valence-corrected chi connectivity index (χ0v) is 15.0. The molecular formula is C12H6Cl4F6N2O2. The number of halogens is 10. The number of alkyl halides is 6. The third-order valence-corrected chi connectivity index (χ3v) is 4.67. The molecular weight excluding hydrogens is 460 g/mol. The van der Waals surface area contributed by atoms with Gasteiger partial charge < -0.3 is 10.6 Å². The van der Waals surface area contributed by atoms with E-state index in [1.54, 1.807) is 0 Å². The van der Waals surface area contributed by atoms with Crippen molar-refractivity contribution in [2.45, 2.75) is 25.4 Å². The average molecular weight is 466 g/mol. The Morgan fingerprint density at radius 1 is 0.654 bits per heavy atom. The number of rotatable bonds is 4. The minimum absolute atomic E-state index is 0.285. The van der Waals surface area contributed by atoms with Crippen LogP contribution < -0.4 is 10.6 Å². The van der Waals surface area contributed by atoms with Crippen LogP contribution in [0.15, 0.2) is 0 Å². The lowest BCUT2D eigenvalue weighted by Gasteiger charge is -2.17. The Morgan fingerprint density at radius 3 is 1.08 bits per heavy atom. The molecule has 1 aromatic rings. The van der Waals surface area contributed by atoms with E-state index in [4.69, 9.17) is 46.4 Å². The molecule has 146 valence electrons. The number of carbonyl (C=O) groups excluding carboxylic acids is 2. The Balaban J connectivity index is 3.10. The standard InChI is InChI=1S/C12H6Cl4F6N2O2/c13-5-3(1-23-9(25)11(17,18)19)6(14)8(16)4(7(5)15)2-24-10(26)12(20,21)22/h1-2H2,(H,23,25)(H,24,26). The van der Waals surface area contributed by atoms with Crippen molar-refractivity contribution in [3.8, 4) is 0 Å². The number of hydrogen-bond donors (Lipinski definition) is 2. The zero-order valence-electron chi connectivity index (χ0n) is 12.0. The van der Waals surface area contributed by atoms with Gasteiger partial charge in [-0.05, 0) is 0 Å². The van der Waals surface area contributed by atoms with Crippen LogP contribution in [0.1, 0.15) is 11.1 Å². The topological polar surface area (TPSA) is 58.2 Å². The van der Waals surface area contributed by atoms with Crippen LogP contribution in [-0.2, 0) is 22.7 Å². The summed E-state index contributed by atoms with van der Waals surface area (Å²) in [6.07, 6.45) is -10.3. The number of hydrogen-bond acceptors (Lipinski definition) is 2. The van der Waals surface area contributed by atoms with Crippen LogP contribution in [0.4, 0.5) is 26.3 Å². The highest BCUT2D eigenvalue weighted by atomic mass is 35.5. The summed E-state index contributed by atoms with van der Waals surface area (Å²) < 4.78 is 73.1. The van der Waals surface area contributed by atoms with E-state index >= 15 is 0 Å². The molecule has 0 spiro atoms. The van der Waals surface area contributed by atoms with Gasteiger partial charge >= 0.3 is 24.2 Å². The Kier molecular flexibility index (Phi) is 7.31. The Bertz CT molecular complexity index is 646. The number of benzene rings is 1. The van der Waals surface area contributed by atoms with Crippen LogP contribution in [0.2, 0.25) is 20.1 Å². The third kappa shape index (κ3) is 5.45. The van der Waals surface area contributed by atoms with Gasteiger partial charge in [-0.1, -0.05) is 46.4 Å². The molecule has 2 amide bonds. The first-order chi connectivity index (χ1) is 11.7. The van der Waals surface area contributed by atoms with E-state index in [2.05, 4.69) is 0 Å². The highest BCUT2D eigenvalue weighted by Crippen LogP contribution is 2.41. The van der Waals surface area contributed by atoms with Gasteiger partial charge in [0.2, 0.25) is 0 Å². The van der Waals surface area contributed by atoms with E-state index in [1.807, 2.05) is 0 Å². The van der Waals surface area contributed by atoms with E-state index < -0.39 is 57.3 Å². The van der Waals surface area contributed by atoms with Crippen LogP contribution >= 0.6 is 46.4 Å². The smallest absolute Gasteiger partial charge is 0.344 e. The van der Waals surface area contributed by atoms with Gasteiger partial charge in [-0.2, -0.15) is 26.3 Å². The monoisotopic (exact) mass is 464 g/mol. The molecule has 0 aliphatic carbocycles. The van der Waals surface area contributed by atoms with Gasteiger partial charge in [0, 0.05) is 24.2 Å². The first kappa shape index (κ1) is 22.9. The summed E-state index contributed by atoms with van der Waals surface area (Å²) in [5.74, 6) is -4.56. The molecule has 0 fully saturated rings. The second-order valence-electron chi connectivity index (χ2n) is 4.57. The van der Waals surface area contributed by atoms with Crippen molar-refractivity contribution in [3.63, 3.8) is 0 Å². The molecule has 0 bridgehead atoms. The van der Waals surface area contributed by atoms with Crippen molar-refractivity contribution in [3.05, 3.63) is 31.2 Å². The van der Waals surface area contributed by atoms with Gasteiger partial charge in [-0.15, -0.1) is 0 Å². The van der Waals surface area contributed by atoms with Gasteiger partial charge in [0.15, 0.2) is 0 Å². The fourth-order valence-corrected chi connectivity index (χ4v) is 2.77. The van der Waals surface area contributed by atoms with Crippen LogP contribution in [0.25, 0.3) is 0 Å². The predicted octanol–water partition coefficient (Wildman–Crippen LogP) is 4.66. The van der Waals surface area contributed by atoms with Crippen molar-refractivity contribution in [1.29, 1.82) is 0 Å². The maximum absolute atomic E-state index is 12.2. The van der Waals surface area contributed by atoms with Crippen LogP contribution in [0.5, 0.6) is 0 Å². The molecule has 2 N–H and O–H groups in total. The average Bonchev–Trinajstić information content (AvgIpc) is 2.50. The van der Waals surface area contributed by atoms with Crippen LogP contribution in [-0.4, -0.2) is 24.2 Å². The maximum atomic E-state index is 12.2. The lowest BCUT2D eigenvalue weighted by Crippen LogP contribution is -2.37. The minimum atomic E-state index is -5.16. The first-order valence-corrected chi connectivity index (χ1v) is 7.72. The van der Waals surface area contributed by atoms with Crippen LogP contribution in [0.3, 0.4) is 0 Å². The normalized spacial score (nSPS) is 12.1. The molecule has 0 radical (unpaired) electrons. The van der Waals surface area contributed by atoms with E-state index in [0.717, 1.165) is 0 Å². The van der Waals surface area contributed by atoms with Gasteiger partial charge in [-0.3, -0.25) is 9.59 Å². The van der Waals surface area contributed by atoms with E-state index in [0.29, 0.717) is 0 Å². The number of nitrogens with one attached hydrogen (secondary N) is 2. The van der Waals surface area contributed by atoms with Gasteiger partial charge in [-0.25, -0.2) is 0 Å². The lowest BCUT2D eigenvalue weighted by atomic mass is 10.1. The van der Waals surface area contributed by atoms with E-state index in [9.17, 15) is 35.9 Å². The summed E-state index contributed by atoms with van der Waals surface area (Å²) >= 11 is 23.3. The quantitative estimate of drug-likeness (QED) is 0.502. The Hall–Kier alpha value is -1.10. The van der Waals surface area contributed by atoms with Gasteiger partial charge in [0.1, 0.15) is 0 Å². The predicted molar refractivity (Wildman–Crippen MR) is 82.3 cm³/mol. The molecule has 0 aliphatic heterocycles. The lowest BCUT2D eigenvalue weighted by molar-refractivity contribution is -0.173. The molecule has 0 aliphatic rings. The SMILES string of the molecule is O=C(NCc1c(Cl)c(Cl)c(CNC(=O)C(F)(F)F)c(Cl)c1Cl)C(F)(F)F. The molecule has 0 saturated carbocycles. The molecule has 0 aromatic heterocycles. The fourth-order valence-electron chi connectivity index (χ4n) is 1.57. The molecule has 0 unspecified atom stereocenters. The second-order valence-corrected chi connectivity index (χ2v) is 6.09. The number of amides is 2. The minimum Gasteiger partial charge on any atom is -0.344 e. The molecule has 0 atom stereocenters. The highest BCUT2D eigenvalue weighted by molar-refractivity contribution is 6.48. The van der Waals surface area contributed by atoms with Crippen molar-refractivity contribution in [2.24, 2.45) is 0 Å². The molecule has 0 saturated heterocycles. The Morgan fingerprint density at radius 2 is 0.885 bits per heavy atom. The number of carbonyl (C=O) groups is 2. The molecule has 1 rings (SSSR count). The van der Waals surface area contributed by atoms with E-state index in [1.165, 1.54) is 10.6 Å². The Labute approximate surface area is 161 Å². The van der Waals surface area contributed by atoms with Crippen LogP contribution in [0, 0.1) is 0 Å². The molecule has 14 heteroatoms. The highest BCUT2D eigenvalue weighted by Gasteiger charge is 2.39. The first-order valence-electron chi connectivity index (χ1n) is 6.21. The summed E-state index contributed by atoms with van der Waals surface area (Å²) in [6, 6.07) is 0. The zero-order chi connectivity index (χ0) is 20.4. The maximum Gasteiger partial charge on any atom is 0.471 e. The molecule has 26 heavy (non-hydrogen) atoms. The van der Waals surface area contributed by atoms with Crippen molar-refractivity contribution in [2.75, 3.05) is 0 Å². The van der Waals surface area contributed by atoms with Crippen molar-refractivity contribution >= 4 is 58.2 Å². The largest absolute Gasteiger partial charge is 0.471 e. The summed E-state index contributed by atoms with van der Waals surface area (Å²) in [7, 11) is 0. The summed E-state index contributed by atoms with van der Waals surface area (Å²) in [5.41, 5.74) is -0.571. The van der Waals surface area contributed by atoms with Crippen molar-refractivity contribution < 1.29 is 35.9 Å². The molecule has 0 heterocycles. The van der Waals surface area contributed by atoms with Gasteiger partial charge in [0.25, 0.3) is 0 Å². The third-order valence-electron chi connectivity index (χ3n) is 2.81. The summed E-state index contributed by atoms with van der Waals surface area (Å²) in [6.45, 7) is -1.60. The molecule has 1 aromatic carbocycles. The fraction of sp³-hybridized carbons (Fsp3) is 0.333. The van der Waals surface area contributed by atoms with E-state index in [-0.39, 0.29) is 11.1 Å².